The number of hydrogen-bond donors (Lipinski definition) is 2. The monoisotopic (exact) mass is 315 g/mol. The summed E-state index contributed by atoms with van der Waals surface area (Å²) in [6.07, 6.45) is 0.673. The van der Waals surface area contributed by atoms with Crippen molar-refractivity contribution in [2.75, 3.05) is 57.8 Å². The summed E-state index contributed by atoms with van der Waals surface area (Å²) in [4.78, 5) is 9.25. The van der Waals surface area contributed by atoms with Crippen LogP contribution in [0, 0.1) is 0 Å². The summed E-state index contributed by atoms with van der Waals surface area (Å²) < 4.78 is 23.0. The molecule has 2 atom stereocenters. The zero-order chi connectivity index (χ0) is 14.9. The Bertz CT molecular complexity index is 499. The van der Waals surface area contributed by atoms with Gasteiger partial charge in [-0.25, -0.2) is 8.42 Å². The molecule has 2 N–H and O–H groups in total. The second kappa shape index (κ2) is 6.10. The molecule has 120 valence electrons. The molecule has 21 heavy (non-hydrogen) atoms. The minimum atomic E-state index is -2.85. The van der Waals surface area contributed by atoms with Crippen LogP contribution in [0.3, 0.4) is 0 Å². The molecule has 4 aliphatic heterocycles. The fraction of sp³-hybridized carbons (Fsp3) is 0.923. The standard InChI is InChI=1S/C13H25N5O2S/c1-14-13(16-11-2-7-21(19,20)10-11)15-8-12-9-17-3-5-18(12)6-4-17/h11-12H,2-10H2,1H3,(H2,14,15,16). The average Bonchev–Trinajstić information content (AvgIpc) is 2.83. The number of fused-ring (bicyclic) bond motifs is 3. The van der Waals surface area contributed by atoms with Gasteiger partial charge in [0, 0.05) is 58.4 Å². The van der Waals surface area contributed by atoms with E-state index in [1.807, 2.05) is 0 Å². The molecule has 0 amide bonds. The fourth-order valence-electron chi connectivity index (χ4n) is 3.43. The van der Waals surface area contributed by atoms with Crippen molar-refractivity contribution >= 4 is 15.8 Å². The summed E-state index contributed by atoms with van der Waals surface area (Å²) in [5.41, 5.74) is 0. The van der Waals surface area contributed by atoms with Gasteiger partial charge in [-0.05, 0) is 6.42 Å². The van der Waals surface area contributed by atoms with Gasteiger partial charge in [-0.1, -0.05) is 0 Å². The molecule has 2 bridgehead atoms. The molecule has 8 heteroatoms. The van der Waals surface area contributed by atoms with Crippen LogP contribution in [0.2, 0.25) is 0 Å². The second-order valence-corrected chi connectivity index (χ2v) is 8.42. The summed E-state index contributed by atoms with van der Waals surface area (Å²) in [6.45, 7) is 6.64. The Morgan fingerprint density at radius 1 is 1.29 bits per heavy atom. The second-order valence-electron chi connectivity index (χ2n) is 6.19. The van der Waals surface area contributed by atoms with Crippen molar-refractivity contribution in [1.82, 2.24) is 20.4 Å². The third-order valence-electron chi connectivity index (χ3n) is 4.69. The fourth-order valence-corrected chi connectivity index (χ4v) is 5.10. The van der Waals surface area contributed by atoms with Crippen molar-refractivity contribution in [1.29, 1.82) is 0 Å². The minimum Gasteiger partial charge on any atom is -0.355 e. The van der Waals surface area contributed by atoms with E-state index in [-0.39, 0.29) is 17.5 Å². The Kier molecular flexibility index (Phi) is 4.37. The van der Waals surface area contributed by atoms with Crippen LogP contribution in [-0.2, 0) is 9.84 Å². The summed E-state index contributed by atoms with van der Waals surface area (Å²) in [5.74, 6) is 1.22. The van der Waals surface area contributed by atoms with Gasteiger partial charge in [0.2, 0.25) is 0 Å². The summed E-state index contributed by atoms with van der Waals surface area (Å²) in [6, 6.07) is 0.520. The van der Waals surface area contributed by atoms with Crippen molar-refractivity contribution in [3.8, 4) is 0 Å². The van der Waals surface area contributed by atoms with Gasteiger partial charge in [0.1, 0.15) is 0 Å². The molecule has 0 aromatic carbocycles. The van der Waals surface area contributed by atoms with E-state index in [2.05, 4.69) is 25.4 Å². The van der Waals surface area contributed by atoms with Gasteiger partial charge >= 0.3 is 0 Å². The lowest BCUT2D eigenvalue weighted by atomic mass is 10.1. The number of aliphatic imine (C=N–C) groups is 1. The largest absolute Gasteiger partial charge is 0.355 e. The Morgan fingerprint density at radius 3 is 2.57 bits per heavy atom. The summed E-state index contributed by atoms with van der Waals surface area (Å²) >= 11 is 0. The lowest BCUT2D eigenvalue weighted by Gasteiger charge is -2.47. The van der Waals surface area contributed by atoms with Gasteiger partial charge in [0.25, 0.3) is 0 Å². The lowest BCUT2D eigenvalue weighted by molar-refractivity contribution is 0.0154. The first kappa shape index (κ1) is 15.1. The molecular formula is C13H25N5O2S. The Hall–Kier alpha value is -0.860. The van der Waals surface area contributed by atoms with Crippen molar-refractivity contribution < 1.29 is 8.42 Å². The van der Waals surface area contributed by atoms with Crippen molar-refractivity contribution in [2.45, 2.75) is 18.5 Å². The number of nitrogens with one attached hydrogen (secondary N) is 2. The normalized spacial score (nSPS) is 38.4. The molecule has 4 heterocycles. The molecule has 0 radical (unpaired) electrons. The van der Waals surface area contributed by atoms with E-state index in [0.29, 0.717) is 12.5 Å². The first-order valence-electron chi connectivity index (χ1n) is 7.70. The first-order valence-corrected chi connectivity index (χ1v) is 9.52. The maximum Gasteiger partial charge on any atom is 0.191 e. The number of piperazine rings is 3. The quantitative estimate of drug-likeness (QED) is 0.479. The number of rotatable bonds is 3. The highest BCUT2D eigenvalue weighted by molar-refractivity contribution is 7.91. The van der Waals surface area contributed by atoms with Crippen LogP contribution >= 0.6 is 0 Å². The van der Waals surface area contributed by atoms with E-state index in [0.717, 1.165) is 32.1 Å². The average molecular weight is 315 g/mol. The highest BCUT2D eigenvalue weighted by Crippen LogP contribution is 2.15. The van der Waals surface area contributed by atoms with E-state index < -0.39 is 9.84 Å². The Morgan fingerprint density at radius 2 is 2.05 bits per heavy atom. The molecule has 0 aromatic rings. The molecule has 4 saturated heterocycles. The van der Waals surface area contributed by atoms with Crippen LogP contribution in [0.1, 0.15) is 6.42 Å². The molecule has 4 rings (SSSR count). The van der Waals surface area contributed by atoms with E-state index in [1.165, 1.54) is 13.1 Å². The first-order chi connectivity index (χ1) is 10.1. The van der Waals surface area contributed by atoms with Gasteiger partial charge in [-0.15, -0.1) is 0 Å². The van der Waals surface area contributed by atoms with E-state index >= 15 is 0 Å². The molecule has 0 aliphatic carbocycles. The Labute approximate surface area is 126 Å². The molecule has 4 aliphatic rings. The maximum absolute atomic E-state index is 11.5. The molecule has 0 spiro atoms. The van der Waals surface area contributed by atoms with Gasteiger partial charge in [-0.3, -0.25) is 14.8 Å². The highest BCUT2D eigenvalue weighted by atomic mass is 32.2. The van der Waals surface area contributed by atoms with Crippen LogP contribution in [0.15, 0.2) is 4.99 Å². The zero-order valence-corrected chi connectivity index (χ0v) is 13.4. The molecule has 4 fully saturated rings. The van der Waals surface area contributed by atoms with Crippen LogP contribution < -0.4 is 10.6 Å². The lowest BCUT2D eigenvalue weighted by Crippen LogP contribution is -2.64. The molecular weight excluding hydrogens is 290 g/mol. The van der Waals surface area contributed by atoms with Gasteiger partial charge in [0.05, 0.1) is 11.5 Å². The number of nitrogens with zero attached hydrogens (tertiary/aromatic N) is 3. The summed E-state index contributed by atoms with van der Waals surface area (Å²) in [7, 11) is -1.12. The van der Waals surface area contributed by atoms with Gasteiger partial charge in [0.15, 0.2) is 15.8 Å². The topological polar surface area (TPSA) is 77.0 Å². The maximum atomic E-state index is 11.5. The van der Waals surface area contributed by atoms with E-state index in [1.54, 1.807) is 7.05 Å². The van der Waals surface area contributed by atoms with Crippen molar-refractivity contribution in [2.24, 2.45) is 4.99 Å². The van der Waals surface area contributed by atoms with Crippen LogP contribution in [0.5, 0.6) is 0 Å². The van der Waals surface area contributed by atoms with Crippen molar-refractivity contribution in [3.63, 3.8) is 0 Å². The van der Waals surface area contributed by atoms with Crippen LogP contribution in [0.25, 0.3) is 0 Å². The van der Waals surface area contributed by atoms with Crippen molar-refractivity contribution in [3.05, 3.63) is 0 Å². The smallest absolute Gasteiger partial charge is 0.191 e. The van der Waals surface area contributed by atoms with Gasteiger partial charge in [-0.2, -0.15) is 0 Å². The Balaban J connectivity index is 1.47. The summed E-state index contributed by atoms with van der Waals surface area (Å²) in [5, 5.41) is 6.59. The third-order valence-corrected chi connectivity index (χ3v) is 6.46. The van der Waals surface area contributed by atoms with E-state index in [4.69, 9.17) is 0 Å². The van der Waals surface area contributed by atoms with Crippen LogP contribution in [-0.4, -0.2) is 94.1 Å². The highest BCUT2D eigenvalue weighted by Gasteiger charge is 2.32. The van der Waals surface area contributed by atoms with Gasteiger partial charge < -0.3 is 10.6 Å². The number of hydrogen-bond acceptors (Lipinski definition) is 5. The third kappa shape index (κ3) is 3.67. The van der Waals surface area contributed by atoms with E-state index in [9.17, 15) is 8.42 Å². The molecule has 0 saturated carbocycles. The molecule has 2 unspecified atom stereocenters. The number of guanidine groups is 1. The molecule has 7 nitrogen and oxygen atoms in total. The molecule has 0 aromatic heterocycles. The zero-order valence-electron chi connectivity index (χ0n) is 12.6. The number of sulfone groups is 1. The predicted molar refractivity (Wildman–Crippen MR) is 83.4 cm³/mol. The minimum absolute atomic E-state index is 0.00642. The van der Waals surface area contributed by atoms with Crippen LogP contribution in [0.4, 0.5) is 0 Å². The SMILES string of the molecule is CN=C(NCC1CN2CCN1CC2)NC1CCS(=O)(=O)C1. The predicted octanol–water partition coefficient (Wildman–Crippen LogP) is -1.66.